The maximum Gasteiger partial charge on any atom is 0.326 e. The van der Waals surface area contributed by atoms with E-state index in [2.05, 4.69) is 5.32 Å². The third kappa shape index (κ3) is 4.42. The van der Waals surface area contributed by atoms with Crippen LogP contribution in [0.5, 0.6) is 11.5 Å². The molecule has 0 aliphatic heterocycles. The van der Waals surface area contributed by atoms with E-state index in [1.54, 1.807) is 0 Å². The van der Waals surface area contributed by atoms with E-state index in [0.717, 1.165) is 18.6 Å². The molecule has 1 aliphatic rings. The standard InChI is InChI=1S/C15H21NO4/c1-3-19-12-6-8-13(9-7-12)20-10-14(15(17)18-2)16-11-4-5-11/h6-9,11,14,16H,3-5,10H2,1-2H3. The summed E-state index contributed by atoms with van der Waals surface area (Å²) >= 11 is 0. The van der Waals surface area contributed by atoms with Gasteiger partial charge in [-0.1, -0.05) is 0 Å². The zero-order valence-electron chi connectivity index (χ0n) is 11.9. The Kier molecular flexibility index (Phi) is 5.24. The minimum absolute atomic E-state index is 0.261. The van der Waals surface area contributed by atoms with Crippen molar-refractivity contribution in [3.05, 3.63) is 24.3 Å². The molecular formula is C15H21NO4. The summed E-state index contributed by atoms with van der Waals surface area (Å²) in [7, 11) is 1.39. The van der Waals surface area contributed by atoms with Crippen LogP contribution in [-0.2, 0) is 9.53 Å². The molecule has 0 amide bonds. The normalized spacial score (nSPS) is 15.5. The Hall–Kier alpha value is -1.75. The molecule has 1 atom stereocenters. The highest BCUT2D eigenvalue weighted by Crippen LogP contribution is 2.21. The van der Waals surface area contributed by atoms with Crippen LogP contribution >= 0.6 is 0 Å². The Morgan fingerprint density at radius 1 is 1.25 bits per heavy atom. The van der Waals surface area contributed by atoms with Crippen LogP contribution in [0.2, 0.25) is 0 Å². The summed E-state index contributed by atoms with van der Waals surface area (Å²) in [5, 5.41) is 3.22. The Bertz CT molecular complexity index is 428. The van der Waals surface area contributed by atoms with Crippen LogP contribution in [-0.4, -0.2) is 38.4 Å². The number of rotatable bonds is 8. The van der Waals surface area contributed by atoms with Crippen molar-refractivity contribution in [2.45, 2.75) is 31.8 Å². The molecule has 20 heavy (non-hydrogen) atoms. The lowest BCUT2D eigenvalue weighted by atomic mass is 10.3. The van der Waals surface area contributed by atoms with Gasteiger partial charge < -0.3 is 14.2 Å². The molecule has 1 aromatic rings. The van der Waals surface area contributed by atoms with Crippen LogP contribution in [0.3, 0.4) is 0 Å². The second-order valence-corrected chi connectivity index (χ2v) is 4.73. The molecular weight excluding hydrogens is 258 g/mol. The molecule has 0 spiro atoms. The van der Waals surface area contributed by atoms with E-state index in [-0.39, 0.29) is 12.6 Å². The van der Waals surface area contributed by atoms with Crippen LogP contribution in [0.1, 0.15) is 19.8 Å². The van der Waals surface area contributed by atoms with E-state index in [1.165, 1.54) is 7.11 Å². The average molecular weight is 279 g/mol. The lowest BCUT2D eigenvalue weighted by molar-refractivity contribution is -0.144. The van der Waals surface area contributed by atoms with Crippen LogP contribution in [0.4, 0.5) is 0 Å². The van der Waals surface area contributed by atoms with Crippen molar-refractivity contribution in [1.82, 2.24) is 5.32 Å². The number of hydrogen-bond donors (Lipinski definition) is 1. The molecule has 110 valence electrons. The molecule has 0 heterocycles. The fraction of sp³-hybridized carbons (Fsp3) is 0.533. The monoisotopic (exact) mass is 279 g/mol. The second kappa shape index (κ2) is 7.14. The van der Waals surface area contributed by atoms with Crippen LogP contribution < -0.4 is 14.8 Å². The SMILES string of the molecule is CCOc1ccc(OCC(NC2CC2)C(=O)OC)cc1. The molecule has 1 aliphatic carbocycles. The molecule has 1 saturated carbocycles. The maximum atomic E-state index is 11.7. The van der Waals surface area contributed by atoms with Crippen molar-refractivity contribution in [3.63, 3.8) is 0 Å². The molecule has 5 nitrogen and oxygen atoms in total. The zero-order valence-corrected chi connectivity index (χ0v) is 11.9. The van der Waals surface area contributed by atoms with Gasteiger partial charge in [0.25, 0.3) is 0 Å². The molecule has 5 heteroatoms. The predicted octanol–water partition coefficient (Wildman–Crippen LogP) is 1.76. The summed E-state index contributed by atoms with van der Waals surface area (Å²) in [6.07, 6.45) is 2.22. The molecule has 1 fully saturated rings. The summed E-state index contributed by atoms with van der Waals surface area (Å²) in [5.41, 5.74) is 0. The van der Waals surface area contributed by atoms with Gasteiger partial charge in [-0.3, -0.25) is 10.1 Å². The third-order valence-electron chi connectivity index (χ3n) is 3.05. The fourth-order valence-electron chi connectivity index (χ4n) is 1.84. The number of benzene rings is 1. The predicted molar refractivity (Wildman–Crippen MR) is 75.1 cm³/mol. The minimum atomic E-state index is -0.418. The summed E-state index contributed by atoms with van der Waals surface area (Å²) < 4.78 is 15.8. The van der Waals surface area contributed by atoms with Crippen molar-refractivity contribution in [3.8, 4) is 11.5 Å². The molecule has 0 aromatic heterocycles. The maximum absolute atomic E-state index is 11.7. The largest absolute Gasteiger partial charge is 0.494 e. The zero-order chi connectivity index (χ0) is 14.4. The van der Waals surface area contributed by atoms with Crippen LogP contribution in [0.15, 0.2) is 24.3 Å². The van der Waals surface area contributed by atoms with E-state index in [1.807, 2.05) is 31.2 Å². The number of carbonyl (C=O) groups is 1. The number of methoxy groups -OCH3 is 1. The Balaban J connectivity index is 1.85. The summed E-state index contributed by atoms with van der Waals surface area (Å²) in [4.78, 5) is 11.7. The van der Waals surface area contributed by atoms with E-state index in [0.29, 0.717) is 18.4 Å². The van der Waals surface area contributed by atoms with Crippen molar-refractivity contribution in [2.75, 3.05) is 20.3 Å². The first-order chi connectivity index (χ1) is 9.72. The number of ether oxygens (including phenoxy) is 3. The lowest BCUT2D eigenvalue weighted by Gasteiger charge is -2.17. The topological polar surface area (TPSA) is 56.8 Å². The Morgan fingerprint density at radius 2 is 1.85 bits per heavy atom. The van der Waals surface area contributed by atoms with Crippen LogP contribution in [0.25, 0.3) is 0 Å². The number of carbonyl (C=O) groups excluding carboxylic acids is 1. The third-order valence-corrected chi connectivity index (χ3v) is 3.05. The van der Waals surface area contributed by atoms with Gasteiger partial charge in [0.1, 0.15) is 24.1 Å². The first-order valence-corrected chi connectivity index (χ1v) is 6.92. The molecule has 1 aromatic carbocycles. The molecule has 1 unspecified atom stereocenters. The quantitative estimate of drug-likeness (QED) is 0.735. The van der Waals surface area contributed by atoms with Gasteiger partial charge in [-0.25, -0.2) is 0 Å². The van der Waals surface area contributed by atoms with Gasteiger partial charge in [-0.05, 0) is 44.0 Å². The van der Waals surface area contributed by atoms with Crippen molar-refractivity contribution in [1.29, 1.82) is 0 Å². The Morgan fingerprint density at radius 3 is 2.35 bits per heavy atom. The van der Waals surface area contributed by atoms with Crippen molar-refractivity contribution in [2.24, 2.45) is 0 Å². The number of hydrogen-bond acceptors (Lipinski definition) is 5. The van der Waals surface area contributed by atoms with Crippen molar-refractivity contribution >= 4 is 5.97 Å². The molecule has 2 rings (SSSR count). The van der Waals surface area contributed by atoms with E-state index in [4.69, 9.17) is 14.2 Å². The summed E-state index contributed by atoms with van der Waals surface area (Å²) in [6, 6.07) is 7.36. The van der Waals surface area contributed by atoms with Crippen molar-refractivity contribution < 1.29 is 19.0 Å². The van der Waals surface area contributed by atoms with Gasteiger partial charge in [0.05, 0.1) is 13.7 Å². The second-order valence-electron chi connectivity index (χ2n) is 4.73. The van der Waals surface area contributed by atoms with Gasteiger partial charge in [-0.2, -0.15) is 0 Å². The summed E-state index contributed by atoms with van der Waals surface area (Å²) in [6.45, 7) is 2.84. The fourth-order valence-corrected chi connectivity index (χ4v) is 1.84. The molecule has 0 saturated heterocycles. The Labute approximate surface area is 119 Å². The lowest BCUT2D eigenvalue weighted by Crippen LogP contribution is -2.43. The minimum Gasteiger partial charge on any atom is -0.494 e. The molecule has 0 bridgehead atoms. The molecule has 1 N–H and O–H groups in total. The highest BCUT2D eigenvalue weighted by atomic mass is 16.5. The highest BCUT2D eigenvalue weighted by molar-refractivity contribution is 5.75. The van der Waals surface area contributed by atoms with E-state index < -0.39 is 6.04 Å². The van der Waals surface area contributed by atoms with E-state index >= 15 is 0 Å². The van der Waals surface area contributed by atoms with Gasteiger partial charge >= 0.3 is 5.97 Å². The first kappa shape index (κ1) is 14.7. The smallest absolute Gasteiger partial charge is 0.326 e. The highest BCUT2D eigenvalue weighted by Gasteiger charge is 2.29. The average Bonchev–Trinajstić information content (AvgIpc) is 3.28. The number of nitrogens with one attached hydrogen (secondary N) is 1. The van der Waals surface area contributed by atoms with Gasteiger partial charge in [0, 0.05) is 6.04 Å². The van der Waals surface area contributed by atoms with E-state index in [9.17, 15) is 4.79 Å². The molecule has 0 radical (unpaired) electrons. The van der Waals surface area contributed by atoms with Gasteiger partial charge in [-0.15, -0.1) is 0 Å². The first-order valence-electron chi connectivity index (χ1n) is 6.92. The summed E-state index contributed by atoms with van der Waals surface area (Å²) in [5.74, 6) is 1.23. The van der Waals surface area contributed by atoms with Gasteiger partial charge in [0.15, 0.2) is 0 Å². The van der Waals surface area contributed by atoms with Gasteiger partial charge in [0.2, 0.25) is 0 Å². The number of esters is 1. The van der Waals surface area contributed by atoms with Crippen LogP contribution in [0, 0.1) is 0 Å².